The van der Waals surface area contributed by atoms with Crippen LogP contribution in [0.4, 0.5) is 11.4 Å². The van der Waals surface area contributed by atoms with Crippen LogP contribution in [0.1, 0.15) is 36.3 Å². The van der Waals surface area contributed by atoms with E-state index in [1.54, 1.807) is 36.4 Å². The zero-order valence-corrected chi connectivity index (χ0v) is 17.8. The Morgan fingerprint density at radius 1 is 0.806 bits per heavy atom. The molecule has 31 heavy (non-hydrogen) atoms. The molecule has 4 rings (SSSR count). The summed E-state index contributed by atoms with van der Waals surface area (Å²) < 4.78 is 0. The number of rotatable bonds is 6. The van der Waals surface area contributed by atoms with Gasteiger partial charge in [0.15, 0.2) is 0 Å². The molecule has 154 valence electrons. The molecule has 3 aromatic carbocycles. The lowest BCUT2D eigenvalue weighted by Crippen LogP contribution is -2.13. The predicted octanol–water partition coefficient (Wildman–Crippen LogP) is 5.55. The lowest BCUT2D eigenvalue weighted by Gasteiger charge is -2.08. The third-order valence-electron chi connectivity index (χ3n) is 4.66. The standard InChI is InChI=1S/C25H21N3O2S/c1-17-23(31-22(26-17)15-18-9-4-2-5-10-18)25(30)28-21-14-8-13-20(16-21)27-24(29)19-11-6-3-7-12-19/h2-14,16H,15H2,1H3,(H,27,29)(H,28,30). The molecule has 2 amide bonds. The van der Waals surface area contributed by atoms with Crippen molar-refractivity contribution in [3.8, 4) is 0 Å². The molecule has 2 N–H and O–H groups in total. The van der Waals surface area contributed by atoms with Crippen LogP contribution in [-0.2, 0) is 6.42 Å². The minimum absolute atomic E-state index is 0.201. The molecule has 0 aliphatic carbocycles. The van der Waals surface area contributed by atoms with E-state index >= 15 is 0 Å². The van der Waals surface area contributed by atoms with E-state index in [1.165, 1.54) is 11.3 Å². The first kappa shape index (κ1) is 20.5. The van der Waals surface area contributed by atoms with Crippen molar-refractivity contribution in [2.75, 3.05) is 10.6 Å². The van der Waals surface area contributed by atoms with Crippen LogP contribution in [0.15, 0.2) is 84.9 Å². The molecule has 1 aromatic heterocycles. The first-order valence-corrected chi connectivity index (χ1v) is 10.7. The highest BCUT2D eigenvalue weighted by Gasteiger charge is 2.16. The third kappa shape index (κ3) is 5.24. The predicted molar refractivity (Wildman–Crippen MR) is 125 cm³/mol. The Bertz CT molecular complexity index is 1200. The lowest BCUT2D eigenvalue weighted by molar-refractivity contribution is 0.102. The molecular weight excluding hydrogens is 406 g/mol. The number of hydrogen-bond donors (Lipinski definition) is 2. The minimum Gasteiger partial charge on any atom is -0.322 e. The van der Waals surface area contributed by atoms with Crippen LogP contribution in [0.25, 0.3) is 0 Å². The van der Waals surface area contributed by atoms with Crippen LogP contribution in [-0.4, -0.2) is 16.8 Å². The van der Waals surface area contributed by atoms with Crippen LogP contribution >= 0.6 is 11.3 Å². The fourth-order valence-electron chi connectivity index (χ4n) is 3.16. The van der Waals surface area contributed by atoms with Crippen molar-refractivity contribution in [2.45, 2.75) is 13.3 Å². The Kier molecular flexibility index (Phi) is 6.19. The number of thiazole rings is 1. The molecule has 0 radical (unpaired) electrons. The summed E-state index contributed by atoms with van der Waals surface area (Å²) in [5.74, 6) is -0.409. The zero-order valence-electron chi connectivity index (χ0n) is 17.0. The summed E-state index contributed by atoms with van der Waals surface area (Å²) >= 11 is 1.40. The Balaban J connectivity index is 1.44. The molecule has 0 saturated heterocycles. The summed E-state index contributed by atoms with van der Waals surface area (Å²) in [6.45, 7) is 1.84. The second kappa shape index (κ2) is 9.36. The van der Waals surface area contributed by atoms with Gasteiger partial charge in [-0.3, -0.25) is 9.59 Å². The number of hydrogen-bond acceptors (Lipinski definition) is 4. The Morgan fingerprint density at radius 3 is 2.10 bits per heavy atom. The number of aryl methyl sites for hydroxylation is 1. The van der Waals surface area contributed by atoms with E-state index in [-0.39, 0.29) is 11.8 Å². The van der Waals surface area contributed by atoms with E-state index in [2.05, 4.69) is 15.6 Å². The molecule has 0 fully saturated rings. The molecule has 0 saturated carbocycles. The highest BCUT2D eigenvalue weighted by atomic mass is 32.1. The molecule has 6 heteroatoms. The molecule has 5 nitrogen and oxygen atoms in total. The van der Waals surface area contributed by atoms with Crippen molar-refractivity contribution < 1.29 is 9.59 Å². The number of nitrogens with zero attached hydrogens (tertiary/aromatic N) is 1. The average Bonchev–Trinajstić information content (AvgIpc) is 3.15. The number of nitrogens with one attached hydrogen (secondary N) is 2. The number of amides is 2. The number of aromatic nitrogens is 1. The van der Waals surface area contributed by atoms with Gasteiger partial charge in [-0.1, -0.05) is 54.6 Å². The van der Waals surface area contributed by atoms with Crippen LogP contribution in [0.5, 0.6) is 0 Å². The fourth-order valence-corrected chi connectivity index (χ4v) is 4.16. The van der Waals surface area contributed by atoms with Crippen LogP contribution < -0.4 is 10.6 Å². The first-order chi connectivity index (χ1) is 15.1. The van der Waals surface area contributed by atoms with Crippen LogP contribution in [0, 0.1) is 6.92 Å². The minimum atomic E-state index is -0.208. The van der Waals surface area contributed by atoms with Gasteiger partial charge in [0.25, 0.3) is 11.8 Å². The van der Waals surface area contributed by atoms with E-state index in [1.807, 2.05) is 55.5 Å². The molecular formula is C25H21N3O2S. The summed E-state index contributed by atoms with van der Waals surface area (Å²) in [6, 6.07) is 26.1. The van der Waals surface area contributed by atoms with Gasteiger partial charge < -0.3 is 10.6 Å². The molecule has 0 aliphatic heterocycles. The monoisotopic (exact) mass is 427 g/mol. The van der Waals surface area contributed by atoms with E-state index in [9.17, 15) is 9.59 Å². The second-order valence-electron chi connectivity index (χ2n) is 7.04. The quantitative estimate of drug-likeness (QED) is 0.424. The summed E-state index contributed by atoms with van der Waals surface area (Å²) in [6.07, 6.45) is 0.695. The molecule has 0 unspecified atom stereocenters. The fraction of sp³-hybridized carbons (Fsp3) is 0.0800. The van der Waals surface area contributed by atoms with E-state index < -0.39 is 0 Å². The van der Waals surface area contributed by atoms with Crippen molar-refractivity contribution in [3.05, 3.63) is 112 Å². The van der Waals surface area contributed by atoms with Crippen molar-refractivity contribution in [2.24, 2.45) is 0 Å². The van der Waals surface area contributed by atoms with Crippen molar-refractivity contribution in [1.82, 2.24) is 4.98 Å². The largest absolute Gasteiger partial charge is 0.322 e. The smallest absolute Gasteiger partial charge is 0.267 e. The SMILES string of the molecule is Cc1nc(Cc2ccccc2)sc1C(=O)Nc1cccc(NC(=O)c2ccccc2)c1. The Hall–Kier alpha value is -3.77. The zero-order chi connectivity index (χ0) is 21.6. The molecule has 0 bridgehead atoms. The maximum absolute atomic E-state index is 12.8. The lowest BCUT2D eigenvalue weighted by atomic mass is 10.2. The van der Waals surface area contributed by atoms with Gasteiger partial charge in [0.1, 0.15) is 4.88 Å². The van der Waals surface area contributed by atoms with Gasteiger partial charge in [0, 0.05) is 23.4 Å². The summed E-state index contributed by atoms with van der Waals surface area (Å²) in [4.78, 5) is 30.3. The van der Waals surface area contributed by atoms with E-state index in [0.717, 1.165) is 10.6 Å². The van der Waals surface area contributed by atoms with Crippen LogP contribution in [0.3, 0.4) is 0 Å². The van der Waals surface area contributed by atoms with Crippen molar-refractivity contribution in [1.29, 1.82) is 0 Å². The number of benzene rings is 3. The van der Waals surface area contributed by atoms with E-state index in [4.69, 9.17) is 0 Å². The van der Waals surface area contributed by atoms with Crippen molar-refractivity contribution in [3.63, 3.8) is 0 Å². The second-order valence-corrected chi connectivity index (χ2v) is 8.12. The van der Waals surface area contributed by atoms with Gasteiger partial charge >= 0.3 is 0 Å². The topological polar surface area (TPSA) is 71.1 Å². The van der Waals surface area contributed by atoms with Gasteiger partial charge in [0.2, 0.25) is 0 Å². The molecule has 0 atom stereocenters. The van der Waals surface area contributed by atoms with Gasteiger partial charge in [-0.25, -0.2) is 4.98 Å². The Morgan fingerprint density at radius 2 is 1.42 bits per heavy atom. The highest BCUT2D eigenvalue weighted by molar-refractivity contribution is 7.14. The normalized spacial score (nSPS) is 10.5. The number of anilines is 2. The summed E-state index contributed by atoms with van der Waals surface area (Å²) in [5, 5.41) is 6.66. The van der Waals surface area contributed by atoms with Gasteiger partial charge in [-0.15, -0.1) is 11.3 Å². The molecule has 1 heterocycles. The number of carbonyl (C=O) groups is 2. The Labute approximate surface area is 184 Å². The number of carbonyl (C=O) groups excluding carboxylic acids is 2. The summed E-state index contributed by atoms with van der Waals surface area (Å²) in [5.41, 5.74) is 3.65. The third-order valence-corrected chi connectivity index (χ3v) is 5.82. The molecule has 4 aromatic rings. The van der Waals surface area contributed by atoms with Gasteiger partial charge in [0.05, 0.1) is 10.7 Å². The molecule has 0 aliphatic rings. The average molecular weight is 428 g/mol. The maximum atomic E-state index is 12.8. The van der Waals surface area contributed by atoms with Crippen molar-refractivity contribution >= 4 is 34.5 Å². The van der Waals surface area contributed by atoms with Gasteiger partial charge in [-0.05, 0) is 42.8 Å². The van der Waals surface area contributed by atoms with Gasteiger partial charge in [-0.2, -0.15) is 0 Å². The van der Waals surface area contributed by atoms with Crippen LogP contribution in [0.2, 0.25) is 0 Å². The van der Waals surface area contributed by atoms with E-state index in [0.29, 0.717) is 33.9 Å². The first-order valence-electron chi connectivity index (χ1n) is 9.86. The highest BCUT2D eigenvalue weighted by Crippen LogP contribution is 2.23. The maximum Gasteiger partial charge on any atom is 0.267 e. The summed E-state index contributed by atoms with van der Waals surface area (Å²) in [7, 11) is 0. The molecule has 0 spiro atoms.